The molecule has 0 bridgehead atoms. The molecule has 0 spiro atoms. The Kier molecular flexibility index (Phi) is 3.66. The fourth-order valence-electron chi connectivity index (χ4n) is 2.39. The average Bonchev–Trinajstić information content (AvgIpc) is 3.13. The molecule has 3 heterocycles. The Morgan fingerprint density at radius 2 is 2.48 bits per heavy atom. The van der Waals surface area contributed by atoms with Crippen molar-refractivity contribution >= 4 is 29.0 Å². The second-order valence-electron chi connectivity index (χ2n) is 4.61. The van der Waals surface area contributed by atoms with E-state index in [0.29, 0.717) is 11.7 Å². The van der Waals surface area contributed by atoms with Crippen LogP contribution in [0.25, 0.3) is 0 Å². The van der Waals surface area contributed by atoms with E-state index in [1.807, 2.05) is 24.4 Å². The summed E-state index contributed by atoms with van der Waals surface area (Å²) in [6.45, 7) is 5.56. The molecule has 6 nitrogen and oxygen atoms in total. The van der Waals surface area contributed by atoms with Gasteiger partial charge in [0, 0.05) is 10.6 Å². The third-order valence-electron chi connectivity index (χ3n) is 3.29. The van der Waals surface area contributed by atoms with Crippen LogP contribution in [0.15, 0.2) is 41.5 Å². The highest BCUT2D eigenvalue weighted by molar-refractivity contribution is 7.10. The van der Waals surface area contributed by atoms with Crippen LogP contribution in [0.4, 0.5) is 5.95 Å². The largest absolute Gasteiger partial charge is 0.461 e. The standard InChI is InChI=1S/C14H14N4O2S/c1-3-6-20-13(19)11-9(2)17-14-15-8-16-18(14)12(11)10-5-4-7-21-10/h3-5,7-8,11-12H,1,6H2,2H3. The van der Waals surface area contributed by atoms with Crippen LogP contribution in [0.5, 0.6) is 0 Å². The van der Waals surface area contributed by atoms with Crippen molar-refractivity contribution in [2.24, 2.45) is 10.9 Å². The number of aromatic nitrogens is 3. The van der Waals surface area contributed by atoms with Gasteiger partial charge in [-0.1, -0.05) is 18.7 Å². The van der Waals surface area contributed by atoms with Gasteiger partial charge in [0.25, 0.3) is 0 Å². The molecule has 108 valence electrons. The summed E-state index contributed by atoms with van der Waals surface area (Å²) in [5.74, 6) is -0.313. The minimum absolute atomic E-state index is 0.185. The van der Waals surface area contributed by atoms with Gasteiger partial charge in [-0.05, 0) is 18.4 Å². The first kappa shape index (κ1) is 13.7. The molecule has 0 amide bonds. The summed E-state index contributed by atoms with van der Waals surface area (Å²) in [7, 11) is 0. The maximum Gasteiger partial charge on any atom is 0.317 e. The van der Waals surface area contributed by atoms with Crippen molar-refractivity contribution < 1.29 is 9.53 Å². The Balaban J connectivity index is 2.04. The lowest BCUT2D eigenvalue weighted by Crippen LogP contribution is -2.36. The van der Waals surface area contributed by atoms with Gasteiger partial charge in [-0.3, -0.25) is 4.79 Å². The smallest absolute Gasteiger partial charge is 0.317 e. The number of hydrogen-bond donors (Lipinski definition) is 0. The van der Waals surface area contributed by atoms with E-state index < -0.39 is 5.92 Å². The molecule has 0 radical (unpaired) electrons. The van der Waals surface area contributed by atoms with Crippen LogP contribution in [0, 0.1) is 5.92 Å². The number of carbonyl (C=O) groups is 1. The normalized spacial score (nSPS) is 20.5. The first-order valence-electron chi connectivity index (χ1n) is 6.48. The molecular formula is C14H14N4O2S. The molecule has 0 fully saturated rings. The van der Waals surface area contributed by atoms with Gasteiger partial charge in [-0.15, -0.1) is 11.3 Å². The van der Waals surface area contributed by atoms with E-state index in [0.717, 1.165) is 4.88 Å². The van der Waals surface area contributed by atoms with Gasteiger partial charge >= 0.3 is 5.97 Å². The zero-order chi connectivity index (χ0) is 14.8. The lowest BCUT2D eigenvalue weighted by atomic mass is 9.92. The van der Waals surface area contributed by atoms with Crippen molar-refractivity contribution in [2.75, 3.05) is 6.61 Å². The zero-order valence-corrected chi connectivity index (χ0v) is 12.3. The zero-order valence-electron chi connectivity index (χ0n) is 11.5. The van der Waals surface area contributed by atoms with Crippen molar-refractivity contribution in [1.29, 1.82) is 0 Å². The van der Waals surface area contributed by atoms with Crippen LogP contribution in [-0.4, -0.2) is 33.1 Å². The molecule has 2 aromatic heterocycles. The fourth-order valence-corrected chi connectivity index (χ4v) is 3.24. The maximum atomic E-state index is 12.4. The average molecular weight is 302 g/mol. The van der Waals surface area contributed by atoms with E-state index in [2.05, 4.69) is 21.7 Å². The van der Waals surface area contributed by atoms with E-state index in [4.69, 9.17) is 4.74 Å². The summed E-state index contributed by atoms with van der Waals surface area (Å²) in [6, 6.07) is 3.66. The van der Waals surface area contributed by atoms with Gasteiger partial charge < -0.3 is 4.74 Å². The van der Waals surface area contributed by atoms with Crippen molar-refractivity contribution in [2.45, 2.75) is 13.0 Å². The molecule has 0 aliphatic carbocycles. The van der Waals surface area contributed by atoms with E-state index in [1.54, 1.807) is 22.1 Å². The number of thiophene rings is 1. The molecule has 2 atom stereocenters. The highest BCUT2D eigenvalue weighted by Gasteiger charge is 2.40. The summed E-state index contributed by atoms with van der Waals surface area (Å²) in [4.78, 5) is 21.9. The quantitative estimate of drug-likeness (QED) is 0.642. The predicted molar refractivity (Wildman–Crippen MR) is 79.9 cm³/mol. The molecule has 0 saturated heterocycles. The van der Waals surface area contributed by atoms with Crippen molar-refractivity contribution in [3.8, 4) is 0 Å². The number of carbonyl (C=O) groups excluding carboxylic acids is 1. The fraction of sp³-hybridized carbons (Fsp3) is 0.286. The Morgan fingerprint density at radius 3 is 3.19 bits per heavy atom. The number of hydrogen-bond acceptors (Lipinski definition) is 6. The minimum Gasteiger partial charge on any atom is -0.461 e. The molecule has 0 N–H and O–H groups in total. The van der Waals surface area contributed by atoms with Crippen LogP contribution < -0.4 is 0 Å². The molecule has 1 aliphatic heterocycles. The Bertz CT molecular complexity index is 690. The van der Waals surface area contributed by atoms with Crippen molar-refractivity contribution in [3.05, 3.63) is 41.4 Å². The summed E-state index contributed by atoms with van der Waals surface area (Å²) in [5, 5.41) is 6.19. The minimum atomic E-state index is -0.502. The molecule has 21 heavy (non-hydrogen) atoms. The number of esters is 1. The highest BCUT2D eigenvalue weighted by Crippen LogP contribution is 2.37. The number of nitrogens with zero attached hydrogens (tertiary/aromatic N) is 4. The Hall–Kier alpha value is -2.28. The van der Waals surface area contributed by atoms with Crippen LogP contribution in [0.2, 0.25) is 0 Å². The van der Waals surface area contributed by atoms with E-state index in [1.165, 1.54) is 6.33 Å². The number of ether oxygens (including phenoxy) is 1. The van der Waals surface area contributed by atoms with Crippen molar-refractivity contribution in [3.63, 3.8) is 0 Å². The summed E-state index contributed by atoms with van der Waals surface area (Å²) < 4.78 is 6.91. The third kappa shape index (κ3) is 2.40. The lowest BCUT2D eigenvalue weighted by Gasteiger charge is -2.28. The van der Waals surface area contributed by atoms with Crippen LogP contribution in [0.3, 0.4) is 0 Å². The van der Waals surface area contributed by atoms with Crippen LogP contribution in [-0.2, 0) is 9.53 Å². The van der Waals surface area contributed by atoms with Crippen molar-refractivity contribution in [1.82, 2.24) is 14.8 Å². The molecule has 3 rings (SSSR count). The van der Waals surface area contributed by atoms with Gasteiger partial charge in [0.05, 0.1) is 0 Å². The van der Waals surface area contributed by atoms with E-state index in [9.17, 15) is 4.79 Å². The summed E-state index contributed by atoms with van der Waals surface area (Å²) in [6.07, 6.45) is 3.00. The van der Waals surface area contributed by atoms with Gasteiger partial charge in [-0.25, -0.2) is 9.67 Å². The molecule has 0 aromatic carbocycles. The molecule has 1 aliphatic rings. The van der Waals surface area contributed by atoms with Gasteiger partial charge in [0.2, 0.25) is 5.95 Å². The van der Waals surface area contributed by atoms with Crippen LogP contribution in [0.1, 0.15) is 17.8 Å². The Labute approximate surface area is 125 Å². The first-order chi connectivity index (χ1) is 10.2. The molecular weight excluding hydrogens is 288 g/mol. The summed E-state index contributed by atoms with van der Waals surface area (Å²) >= 11 is 1.57. The van der Waals surface area contributed by atoms with E-state index in [-0.39, 0.29) is 18.6 Å². The van der Waals surface area contributed by atoms with E-state index >= 15 is 0 Å². The van der Waals surface area contributed by atoms with Gasteiger partial charge in [0.15, 0.2) is 0 Å². The van der Waals surface area contributed by atoms with Gasteiger partial charge in [0.1, 0.15) is 24.9 Å². The Morgan fingerprint density at radius 1 is 1.62 bits per heavy atom. The molecule has 2 aromatic rings. The highest BCUT2D eigenvalue weighted by atomic mass is 32.1. The maximum absolute atomic E-state index is 12.4. The third-order valence-corrected chi connectivity index (χ3v) is 4.23. The second kappa shape index (κ2) is 5.61. The monoisotopic (exact) mass is 302 g/mol. The number of rotatable bonds is 4. The SMILES string of the molecule is C=CCOC(=O)C1C(C)=Nc2ncnn2C1c1cccs1. The van der Waals surface area contributed by atoms with Crippen LogP contribution >= 0.6 is 11.3 Å². The number of aliphatic imine (C=N–C) groups is 1. The first-order valence-corrected chi connectivity index (χ1v) is 7.36. The predicted octanol–water partition coefficient (Wildman–Crippen LogP) is 2.38. The molecule has 7 heteroatoms. The number of fused-ring (bicyclic) bond motifs is 1. The lowest BCUT2D eigenvalue weighted by molar-refractivity contribution is -0.145. The van der Waals surface area contributed by atoms with Gasteiger partial charge in [-0.2, -0.15) is 10.1 Å². The molecule has 0 saturated carbocycles. The second-order valence-corrected chi connectivity index (χ2v) is 5.59. The summed E-state index contributed by atoms with van der Waals surface area (Å²) in [5.41, 5.74) is 0.683. The molecule has 2 unspecified atom stereocenters. The topological polar surface area (TPSA) is 69.4 Å².